The second kappa shape index (κ2) is 8.95. The zero-order valence-electron chi connectivity index (χ0n) is 12.4. The standard InChI is InChI=1S/C15H23ClN2O2/c1-12(13-7-4-5-8-14(13)16)18(2)11-15(19)17-9-6-10-20-3/h4-5,7-8,12H,6,9-11H2,1-3H3,(H,17,19). The van der Waals surface area contributed by atoms with Crippen LogP contribution in [0.2, 0.25) is 5.02 Å². The molecule has 0 bridgehead atoms. The van der Waals surface area contributed by atoms with Gasteiger partial charge in [-0.25, -0.2) is 0 Å². The molecule has 0 aliphatic rings. The van der Waals surface area contributed by atoms with Crippen LogP contribution in [-0.4, -0.2) is 44.7 Å². The Labute approximate surface area is 126 Å². The van der Waals surface area contributed by atoms with Gasteiger partial charge in [0.1, 0.15) is 0 Å². The Hall–Kier alpha value is -1.10. The molecule has 1 atom stereocenters. The van der Waals surface area contributed by atoms with Gasteiger partial charge in [0.15, 0.2) is 0 Å². The Bertz CT molecular complexity index is 426. The molecule has 0 aliphatic carbocycles. The number of carbonyl (C=O) groups excluding carboxylic acids is 1. The lowest BCUT2D eigenvalue weighted by atomic mass is 10.1. The summed E-state index contributed by atoms with van der Waals surface area (Å²) in [6, 6.07) is 7.80. The van der Waals surface area contributed by atoms with Crippen molar-refractivity contribution in [3.63, 3.8) is 0 Å². The van der Waals surface area contributed by atoms with E-state index in [1.165, 1.54) is 0 Å². The summed E-state index contributed by atoms with van der Waals surface area (Å²) in [6.07, 6.45) is 0.825. The van der Waals surface area contributed by atoms with E-state index in [1.807, 2.05) is 43.1 Å². The number of nitrogens with zero attached hydrogens (tertiary/aromatic N) is 1. The molecule has 4 nitrogen and oxygen atoms in total. The number of rotatable bonds is 8. The summed E-state index contributed by atoms with van der Waals surface area (Å²) in [4.78, 5) is 13.8. The lowest BCUT2D eigenvalue weighted by molar-refractivity contribution is -0.122. The molecule has 0 saturated heterocycles. The van der Waals surface area contributed by atoms with E-state index >= 15 is 0 Å². The number of nitrogens with one attached hydrogen (secondary N) is 1. The number of ether oxygens (including phenoxy) is 1. The lowest BCUT2D eigenvalue weighted by Crippen LogP contribution is -2.37. The molecular formula is C15H23ClN2O2. The molecular weight excluding hydrogens is 276 g/mol. The van der Waals surface area contributed by atoms with Gasteiger partial charge >= 0.3 is 0 Å². The Morgan fingerprint density at radius 3 is 2.80 bits per heavy atom. The fourth-order valence-electron chi connectivity index (χ4n) is 1.92. The molecule has 1 rings (SSSR count). The fraction of sp³-hybridized carbons (Fsp3) is 0.533. The van der Waals surface area contributed by atoms with Crippen molar-refractivity contribution in [3.8, 4) is 0 Å². The van der Waals surface area contributed by atoms with Crippen LogP contribution in [0.1, 0.15) is 24.9 Å². The maximum atomic E-state index is 11.8. The summed E-state index contributed by atoms with van der Waals surface area (Å²) in [7, 11) is 3.57. The average molecular weight is 299 g/mol. The van der Waals surface area contributed by atoms with Crippen LogP contribution in [0.4, 0.5) is 0 Å². The molecule has 1 amide bonds. The summed E-state index contributed by atoms with van der Waals surface area (Å²) >= 11 is 6.18. The van der Waals surface area contributed by atoms with Gasteiger partial charge in [0.2, 0.25) is 5.91 Å². The Morgan fingerprint density at radius 1 is 1.45 bits per heavy atom. The Kier molecular flexibility index (Phi) is 7.59. The van der Waals surface area contributed by atoms with Crippen LogP contribution in [0.25, 0.3) is 0 Å². The molecule has 0 aromatic heterocycles. The summed E-state index contributed by atoms with van der Waals surface area (Å²) < 4.78 is 4.94. The average Bonchev–Trinajstić information content (AvgIpc) is 2.43. The fourth-order valence-corrected chi connectivity index (χ4v) is 2.21. The van der Waals surface area contributed by atoms with Crippen LogP contribution in [0.15, 0.2) is 24.3 Å². The van der Waals surface area contributed by atoms with Gasteiger partial charge in [-0.2, -0.15) is 0 Å². The number of hydrogen-bond donors (Lipinski definition) is 1. The van der Waals surface area contributed by atoms with E-state index in [2.05, 4.69) is 5.32 Å². The Morgan fingerprint density at radius 2 is 2.15 bits per heavy atom. The number of hydrogen-bond acceptors (Lipinski definition) is 3. The molecule has 112 valence electrons. The minimum Gasteiger partial charge on any atom is -0.385 e. The minimum atomic E-state index is 0.0162. The van der Waals surface area contributed by atoms with Gasteiger partial charge in [-0.1, -0.05) is 29.8 Å². The van der Waals surface area contributed by atoms with Crippen LogP contribution < -0.4 is 5.32 Å². The SMILES string of the molecule is COCCCNC(=O)CN(C)C(C)c1ccccc1Cl. The van der Waals surface area contributed by atoms with Gasteiger partial charge in [-0.05, 0) is 32.0 Å². The van der Waals surface area contributed by atoms with E-state index < -0.39 is 0 Å². The molecule has 1 aromatic rings. The molecule has 5 heteroatoms. The summed E-state index contributed by atoms with van der Waals surface area (Å²) in [5.74, 6) is 0.0162. The minimum absolute atomic E-state index is 0.0162. The first-order valence-corrected chi connectivity index (χ1v) is 7.14. The van der Waals surface area contributed by atoms with Gasteiger partial charge in [0, 0.05) is 31.3 Å². The van der Waals surface area contributed by atoms with E-state index in [0.717, 1.165) is 17.0 Å². The van der Waals surface area contributed by atoms with Crippen LogP contribution in [-0.2, 0) is 9.53 Å². The van der Waals surface area contributed by atoms with Gasteiger partial charge in [0.05, 0.1) is 6.54 Å². The van der Waals surface area contributed by atoms with Gasteiger partial charge < -0.3 is 10.1 Å². The third kappa shape index (κ3) is 5.49. The zero-order chi connectivity index (χ0) is 15.0. The zero-order valence-corrected chi connectivity index (χ0v) is 13.1. The van der Waals surface area contributed by atoms with Gasteiger partial charge in [-0.3, -0.25) is 9.69 Å². The van der Waals surface area contributed by atoms with Crippen LogP contribution >= 0.6 is 11.6 Å². The third-order valence-corrected chi connectivity index (χ3v) is 3.60. The predicted molar refractivity (Wildman–Crippen MR) is 82.0 cm³/mol. The number of carbonyl (C=O) groups is 1. The highest BCUT2D eigenvalue weighted by Crippen LogP contribution is 2.25. The van der Waals surface area contributed by atoms with Crippen molar-refractivity contribution < 1.29 is 9.53 Å². The van der Waals surface area contributed by atoms with Gasteiger partial charge in [-0.15, -0.1) is 0 Å². The highest BCUT2D eigenvalue weighted by atomic mass is 35.5. The molecule has 0 radical (unpaired) electrons. The van der Waals surface area contributed by atoms with E-state index in [1.54, 1.807) is 7.11 Å². The van der Waals surface area contributed by atoms with Crippen molar-refractivity contribution in [2.24, 2.45) is 0 Å². The molecule has 0 spiro atoms. The number of likely N-dealkylation sites (N-methyl/N-ethyl adjacent to an activating group) is 1. The molecule has 20 heavy (non-hydrogen) atoms. The molecule has 1 unspecified atom stereocenters. The maximum absolute atomic E-state index is 11.8. The molecule has 0 fully saturated rings. The smallest absolute Gasteiger partial charge is 0.234 e. The van der Waals surface area contributed by atoms with Crippen molar-refractivity contribution >= 4 is 17.5 Å². The largest absolute Gasteiger partial charge is 0.385 e. The van der Waals surface area contributed by atoms with E-state index in [-0.39, 0.29) is 11.9 Å². The molecule has 0 heterocycles. The monoisotopic (exact) mass is 298 g/mol. The Balaban J connectivity index is 2.43. The first kappa shape index (κ1) is 17.0. The predicted octanol–water partition coefficient (Wildman–Crippen LogP) is 2.49. The number of amides is 1. The highest BCUT2D eigenvalue weighted by Gasteiger charge is 2.16. The normalized spacial score (nSPS) is 12.4. The number of halogens is 1. The second-order valence-electron chi connectivity index (χ2n) is 4.81. The van der Waals surface area contributed by atoms with E-state index in [4.69, 9.17) is 16.3 Å². The van der Waals surface area contributed by atoms with Crippen molar-refractivity contribution in [1.29, 1.82) is 0 Å². The highest BCUT2D eigenvalue weighted by molar-refractivity contribution is 6.31. The molecule has 1 N–H and O–H groups in total. The van der Waals surface area contributed by atoms with Crippen molar-refractivity contribution in [2.75, 3.05) is 33.9 Å². The van der Waals surface area contributed by atoms with Crippen molar-refractivity contribution in [1.82, 2.24) is 10.2 Å². The second-order valence-corrected chi connectivity index (χ2v) is 5.22. The topological polar surface area (TPSA) is 41.6 Å². The maximum Gasteiger partial charge on any atom is 0.234 e. The summed E-state index contributed by atoms with van der Waals surface area (Å²) in [5.41, 5.74) is 1.03. The lowest BCUT2D eigenvalue weighted by Gasteiger charge is -2.25. The molecule has 0 saturated carbocycles. The van der Waals surface area contributed by atoms with Crippen LogP contribution in [0, 0.1) is 0 Å². The van der Waals surface area contributed by atoms with Crippen LogP contribution in [0.5, 0.6) is 0 Å². The molecule has 1 aromatic carbocycles. The van der Waals surface area contributed by atoms with E-state index in [9.17, 15) is 4.79 Å². The van der Waals surface area contributed by atoms with Crippen molar-refractivity contribution in [2.45, 2.75) is 19.4 Å². The summed E-state index contributed by atoms with van der Waals surface area (Å²) in [6.45, 7) is 3.69. The van der Waals surface area contributed by atoms with Gasteiger partial charge in [0.25, 0.3) is 0 Å². The first-order chi connectivity index (χ1) is 9.56. The first-order valence-electron chi connectivity index (χ1n) is 6.76. The van der Waals surface area contributed by atoms with E-state index in [0.29, 0.717) is 19.7 Å². The number of benzene rings is 1. The number of methoxy groups -OCH3 is 1. The molecule has 0 aliphatic heterocycles. The summed E-state index contributed by atoms with van der Waals surface area (Å²) in [5, 5.41) is 3.60. The quantitative estimate of drug-likeness (QED) is 0.750. The third-order valence-electron chi connectivity index (χ3n) is 3.26. The van der Waals surface area contributed by atoms with Crippen LogP contribution in [0.3, 0.4) is 0 Å². The van der Waals surface area contributed by atoms with Crippen molar-refractivity contribution in [3.05, 3.63) is 34.9 Å².